The predicted molar refractivity (Wildman–Crippen MR) is 105 cm³/mol. The standard InChI is InChI=1S/C20H24O3SSi/c1-18(2,3)19(14-22-25)23-17(21)20(24-19,15-10-6-4-7-11-15)16-12-8-5-9-13-16/h4-13H,14H2,1-3,25H3. The summed E-state index contributed by atoms with van der Waals surface area (Å²) in [7, 11) is 0.604. The molecular weight excluding hydrogens is 348 g/mol. The van der Waals surface area contributed by atoms with Gasteiger partial charge in [0.25, 0.3) is 0 Å². The third kappa shape index (κ3) is 2.94. The fourth-order valence-corrected chi connectivity index (χ4v) is 5.51. The Labute approximate surface area is 156 Å². The number of rotatable bonds is 4. The Bertz CT molecular complexity index is 703. The highest BCUT2D eigenvalue weighted by Crippen LogP contribution is 2.61. The molecular formula is C20H24O3SSi. The molecule has 0 spiro atoms. The molecule has 25 heavy (non-hydrogen) atoms. The van der Waals surface area contributed by atoms with Crippen LogP contribution in [0.4, 0.5) is 0 Å². The number of carbonyl (C=O) groups is 1. The molecule has 1 saturated heterocycles. The highest BCUT2D eigenvalue weighted by molar-refractivity contribution is 8.02. The number of thioether (sulfide) groups is 1. The van der Waals surface area contributed by atoms with Crippen molar-refractivity contribution < 1.29 is 14.0 Å². The molecule has 0 bridgehead atoms. The molecule has 1 unspecified atom stereocenters. The summed E-state index contributed by atoms with van der Waals surface area (Å²) < 4.78 is 10.8. The lowest BCUT2D eigenvalue weighted by atomic mass is 9.88. The fourth-order valence-electron chi connectivity index (χ4n) is 3.17. The van der Waals surface area contributed by atoms with Crippen molar-refractivity contribution in [2.24, 2.45) is 5.41 Å². The van der Waals surface area contributed by atoms with Crippen LogP contribution in [0.25, 0.3) is 0 Å². The van der Waals surface area contributed by atoms with E-state index < -0.39 is 9.68 Å². The molecule has 0 N–H and O–H groups in total. The van der Waals surface area contributed by atoms with Gasteiger partial charge in [-0.05, 0) is 11.1 Å². The van der Waals surface area contributed by atoms with Gasteiger partial charge in [-0.15, -0.1) is 0 Å². The van der Waals surface area contributed by atoms with E-state index >= 15 is 0 Å². The van der Waals surface area contributed by atoms with Gasteiger partial charge in [0, 0.05) is 5.41 Å². The van der Waals surface area contributed by atoms with Gasteiger partial charge in [0.2, 0.25) is 0 Å². The first kappa shape index (κ1) is 18.2. The predicted octanol–water partition coefficient (Wildman–Crippen LogP) is 3.26. The fraction of sp³-hybridized carbons (Fsp3) is 0.350. The van der Waals surface area contributed by atoms with Crippen molar-refractivity contribution in [3.63, 3.8) is 0 Å². The van der Waals surface area contributed by atoms with Crippen LogP contribution in [0.15, 0.2) is 60.7 Å². The van der Waals surface area contributed by atoms with Crippen LogP contribution in [-0.4, -0.2) is 28.0 Å². The highest BCUT2D eigenvalue weighted by Gasteiger charge is 2.63. The monoisotopic (exact) mass is 372 g/mol. The molecule has 2 aromatic rings. The van der Waals surface area contributed by atoms with Crippen molar-refractivity contribution in [1.82, 2.24) is 0 Å². The number of carbonyl (C=O) groups excluding carboxylic acids is 1. The van der Waals surface area contributed by atoms with Crippen LogP contribution < -0.4 is 0 Å². The second kappa shape index (κ2) is 6.63. The Morgan fingerprint density at radius 2 is 1.48 bits per heavy atom. The van der Waals surface area contributed by atoms with Crippen molar-refractivity contribution in [2.75, 3.05) is 6.61 Å². The SMILES string of the molecule is CC(C)(C)C1(CO[SiH3])OC(=O)C(c2ccccc2)(c2ccccc2)S1. The minimum Gasteiger partial charge on any atom is -0.443 e. The lowest BCUT2D eigenvalue weighted by Crippen LogP contribution is -2.44. The van der Waals surface area contributed by atoms with E-state index in [1.54, 1.807) is 11.8 Å². The largest absolute Gasteiger partial charge is 0.443 e. The summed E-state index contributed by atoms with van der Waals surface area (Å²) in [5.74, 6) is -0.219. The first-order valence-corrected chi connectivity index (χ1v) is 10.0. The Morgan fingerprint density at radius 3 is 1.88 bits per heavy atom. The summed E-state index contributed by atoms with van der Waals surface area (Å²) in [4.78, 5) is 12.6. The number of benzene rings is 2. The van der Waals surface area contributed by atoms with E-state index in [9.17, 15) is 4.79 Å². The summed E-state index contributed by atoms with van der Waals surface area (Å²) in [6.07, 6.45) is 0. The molecule has 1 aliphatic rings. The van der Waals surface area contributed by atoms with E-state index in [0.29, 0.717) is 17.1 Å². The number of esters is 1. The van der Waals surface area contributed by atoms with Crippen molar-refractivity contribution in [3.05, 3.63) is 71.8 Å². The molecule has 1 aliphatic heterocycles. The van der Waals surface area contributed by atoms with Crippen LogP contribution in [0, 0.1) is 5.41 Å². The maximum Gasteiger partial charge on any atom is 0.333 e. The van der Waals surface area contributed by atoms with Gasteiger partial charge in [-0.3, -0.25) is 0 Å². The molecule has 3 nitrogen and oxygen atoms in total. The molecule has 0 saturated carbocycles. The molecule has 3 rings (SSSR count). The smallest absolute Gasteiger partial charge is 0.333 e. The van der Waals surface area contributed by atoms with Gasteiger partial charge in [0.15, 0.2) is 9.68 Å². The minimum absolute atomic E-state index is 0.219. The lowest BCUT2D eigenvalue weighted by molar-refractivity contribution is -0.159. The zero-order chi connectivity index (χ0) is 18.1. The quantitative estimate of drug-likeness (QED) is 0.610. The summed E-state index contributed by atoms with van der Waals surface area (Å²) in [5.41, 5.74) is 1.62. The molecule has 0 radical (unpaired) electrons. The van der Waals surface area contributed by atoms with E-state index in [1.807, 2.05) is 60.7 Å². The van der Waals surface area contributed by atoms with Crippen LogP contribution in [0.3, 0.4) is 0 Å². The van der Waals surface area contributed by atoms with Crippen molar-refractivity contribution in [2.45, 2.75) is 30.5 Å². The Hall–Kier alpha value is -1.56. The molecule has 0 amide bonds. The first-order chi connectivity index (χ1) is 11.9. The van der Waals surface area contributed by atoms with E-state index in [4.69, 9.17) is 9.16 Å². The zero-order valence-corrected chi connectivity index (χ0v) is 17.9. The number of cyclic esters (lactones) is 1. The summed E-state index contributed by atoms with van der Waals surface area (Å²) in [5, 5.41) is 0. The van der Waals surface area contributed by atoms with Gasteiger partial charge in [-0.25, -0.2) is 4.79 Å². The lowest BCUT2D eigenvalue weighted by Gasteiger charge is -2.39. The normalized spacial score (nSPS) is 22.8. The molecule has 1 heterocycles. The van der Waals surface area contributed by atoms with Crippen molar-refractivity contribution >= 4 is 28.2 Å². The third-order valence-corrected chi connectivity index (χ3v) is 7.08. The van der Waals surface area contributed by atoms with Crippen LogP contribution in [0.1, 0.15) is 31.9 Å². The maximum absolute atomic E-state index is 13.3. The molecule has 2 aromatic carbocycles. The summed E-state index contributed by atoms with van der Waals surface area (Å²) in [6, 6.07) is 19.8. The van der Waals surface area contributed by atoms with Gasteiger partial charge in [-0.2, -0.15) is 0 Å². The van der Waals surface area contributed by atoms with E-state index in [0.717, 1.165) is 11.1 Å². The van der Waals surface area contributed by atoms with Crippen LogP contribution in [-0.2, 0) is 18.7 Å². The first-order valence-electron chi connectivity index (χ1n) is 8.39. The van der Waals surface area contributed by atoms with Crippen molar-refractivity contribution in [3.8, 4) is 0 Å². The van der Waals surface area contributed by atoms with E-state index in [1.165, 1.54) is 0 Å². The minimum atomic E-state index is -0.879. The Morgan fingerprint density at radius 1 is 1.00 bits per heavy atom. The van der Waals surface area contributed by atoms with Gasteiger partial charge in [0.1, 0.15) is 10.5 Å². The molecule has 0 aliphatic carbocycles. The molecule has 0 aromatic heterocycles. The molecule has 1 fully saturated rings. The van der Waals surface area contributed by atoms with Gasteiger partial charge < -0.3 is 9.16 Å². The molecule has 5 heteroatoms. The number of hydrogen-bond acceptors (Lipinski definition) is 4. The highest BCUT2D eigenvalue weighted by atomic mass is 32.2. The third-order valence-electron chi connectivity index (χ3n) is 4.70. The number of ether oxygens (including phenoxy) is 1. The summed E-state index contributed by atoms with van der Waals surface area (Å²) in [6.45, 7) is 6.69. The Balaban J connectivity index is 2.22. The second-order valence-electron chi connectivity index (χ2n) is 7.34. The number of hydrogen-bond donors (Lipinski definition) is 0. The van der Waals surface area contributed by atoms with Crippen LogP contribution >= 0.6 is 11.8 Å². The maximum atomic E-state index is 13.3. The average molecular weight is 373 g/mol. The second-order valence-corrected chi connectivity index (χ2v) is 9.39. The van der Waals surface area contributed by atoms with Gasteiger partial charge >= 0.3 is 5.97 Å². The van der Waals surface area contributed by atoms with Gasteiger partial charge in [-0.1, -0.05) is 93.2 Å². The van der Waals surface area contributed by atoms with Crippen molar-refractivity contribution in [1.29, 1.82) is 0 Å². The Kier molecular flexibility index (Phi) is 4.84. The van der Waals surface area contributed by atoms with E-state index in [2.05, 4.69) is 20.8 Å². The molecule has 132 valence electrons. The zero-order valence-electron chi connectivity index (χ0n) is 15.1. The van der Waals surface area contributed by atoms with E-state index in [-0.39, 0.29) is 11.4 Å². The topological polar surface area (TPSA) is 35.5 Å². The average Bonchev–Trinajstić information content (AvgIpc) is 2.91. The summed E-state index contributed by atoms with van der Waals surface area (Å²) >= 11 is 1.58. The van der Waals surface area contributed by atoms with Gasteiger partial charge in [0.05, 0.1) is 6.61 Å². The molecule has 1 atom stereocenters. The van der Waals surface area contributed by atoms with Crippen LogP contribution in [0.5, 0.6) is 0 Å². The van der Waals surface area contributed by atoms with Crippen LogP contribution in [0.2, 0.25) is 0 Å².